The molecule has 208 valence electrons. The molecular weight excluding hydrogens is 540 g/mol. The molecule has 6 rings (SSSR count). The fourth-order valence-electron chi connectivity index (χ4n) is 5.95. The second-order valence-corrected chi connectivity index (χ2v) is 10.1. The van der Waals surface area contributed by atoms with Crippen LogP contribution in [0, 0.1) is 11.8 Å². The van der Waals surface area contributed by atoms with E-state index >= 15 is 0 Å². The van der Waals surface area contributed by atoms with E-state index in [9.17, 15) is 9.59 Å². The van der Waals surface area contributed by atoms with Crippen molar-refractivity contribution in [2.75, 3.05) is 34.7 Å². The first-order valence-electron chi connectivity index (χ1n) is 12.8. The molecule has 0 radical (unpaired) electrons. The lowest BCUT2D eigenvalue weighted by Crippen LogP contribution is -2.37. The van der Waals surface area contributed by atoms with Crippen LogP contribution in [0.3, 0.4) is 0 Å². The van der Waals surface area contributed by atoms with Gasteiger partial charge in [0, 0.05) is 17.4 Å². The lowest BCUT2D eigenvalue weighted by Gasteiger charge is -2.39. The van der Waals surface area contributed by atoms with Gasteiger partial charge in [0.1, 0.15) is 6.10 Å². The van der Waals surface area contributed by atoms with Gasteiger partial charge < -0.3 is 33.2 Å². The highest BCUT2D eigenvalue weighted by Gasteiger charge is 2.54. The second kappa shape index (κ2) is 10.5. The van der Waals surface area contributed by atoms with Crippen LogP contribution < -0.4 is 23.7 Å². The minimum atomic E-state index is -0.755. The largest absolute Gasteiger partial charge is 0.493 e. The topological polar surface area (TPSA) is 98.8 Å². The number of cyclic esters (lactones) is 1. The Morgan fingerprint density at radius 1 is 0.900 bits per heavy atom. The zero-order chi connectivity index (χ0) is 28.0. The van der Waals surface area contributed by atoms with Crippen LogP contribution in [-0.4, -0.2) is 46.7 Å². The molecule has 1 fully saturated rings. The number of ether oxygens (including phenoxy) is 7. The van der Waals surface area contributed by atoms with Gasteiger partial charge in [-0.1, -0.05) is 41.9 Å². The lowest BCUT2D eigenvalue weighted by molar-refractivity contribution is -0.153. The molecule has 2 heterocycles. The third kappa shape index (κ3) is 4.25. The molecule has 0 amide bonds. The van der Waals surface area contributed by atoms with Crippen molar-refractivity contribution < 1.29 is 42.7 Å². The van der Waals surface area contributed by atoms with Gasteiger partial charge in [0.15, 0.2) is 23.0 Å². The third-order valence-electron chi connectivity index (χ3n) is 7.70. The zero-order valence-electron chi connectivity index (χ0n) is 22.1. The second-order valence-electron chi connectivity index (χ2n) is 9.75. The number of esters is 2. The highest BCUT2D eigenvalue weighted by molar-refractivity contribution is 6.33. The van der Waals surface area contributed by atoms with Gasteiger partial charge in [0.2, 0.25) is 12.5 Å². The van der Waals surface area contributed by atoms with Crippen LogP contribution in [0.2, 0.25) is 5.02 Å². The van der Waals surface area contributed by atoms with Crippen molar-refractivity contribution in [3.05, 3.63) is 75.8 Å². The highest BCUT2D eigenvalue weighted by Crippen LogP contribution is 2.58. The van der Waals surface area contributed by atoms with Gasteiger partial charge in [-0.15, -0.1) is 0 Å². The summed E-state index contributed by atoms with van der Waals surface area (Å²) in [5, 5.41) is 0.270. The highest BCUT2D eigenvalue weighted by atomic mass is 35.5. The monoisotopic (exact) mass is 566 g/mol. The van der Waals surface area contributed by atoms with Crippen molar-refractivity contribution in [2.45, 2.75) is 18.4 Å². The van der Waals surface area contributed by atoms with Crippen molar-refractivity contribution in [3.8, 4) is 28.7 Å². The Hall–Kier alpha value is -4.11. The summed E-state index contributed by atoms with van der Waals surface area (Å²) >= 11 is 6.93. The fourth-order valence-corrected chi connectivity index (χ4v) is 6.28. The molecule has 0 saturated carbocycles. The third-order valence-corrected chi connectivity index (χ3v) is 8.09. The number of carbonyl (C=O) groups is 2. The maximum atomic E-state index is 13.4. The summed E-state index contributed by atoms with van der Waals surface area (Å²) < 4.78 is 39.8. The molecule has 2 aliphatic heterocycles. The van der Waals surface area contributed by atoms with Gasteiger partial charge in [0.25, 0.3) is 0 Å². The number of rotatable bonds is 7. The molecule has 3 aromatic rings. The molecule has 3 aromatic carbocycles. The van der Waals surface area contributed by atoms with Crippen LogP contribution in [0.5, 0.6) is 28.7 Å². The molecule has 10 heteroatoms. The average Bonchev–Trinajstić information content (AvgIpc) is 3.58. The minimum absolute atomic E-state index is 0.0567. The van der Waals surface area contributed by atoms with E-state index in [0.29, 0.717) is 39.7 Å². The van der Waals surface area contributed by atoms with E-state index in [0.717, 1.165) is 5.56 Å². The number of hydrogen-bond acceptors (Lipinski definition) is 9. The summed E-state index contributed by atoms with van der Waals surface area (Å²) in [6, 6.07) is 14.7. The molecule has 9 nitrogen and oxygen atoms in total. The SMILES string of the molecule is COc1cc([C@@H]2c3cc4c(cc3[C@H](OC(=O)Cc3ccccc3)[C@H]3COC(=O)[C@H]23)OCO4)c(Cl)c(OC)c1OC. The van der Waals surface area contributed by atoms with Crippen LogP contribution >= 0.6 is 11.6 Å². The van der Waals surface area contributed by atoms with Crippen LogP contribution in [0.1, 0.15) is 34.3 Å². The minimum Gasteiger partial charge on any atom is -0.493 e. The molecular formula is C30H27ClO9. The quantitative estimate of drug-likeness (QED) is 0.371. The maximum Gasteiger partial charge on any atom is 0.310 e. The molecule has 4 atom stereocenters. The van der Waals surface area contributed by atoms with Crippen LogP contribution in [0.4, 0.5) is 0 Å². The molecule has 0 N–H and O–H groups in total. The van der Waals surface area contributed by atoms with E-state index in [2.05, 4.69) is 0 Å². The Morgan fingerprint density at radius 2 is 1.60 bits per heavy atom. The number of carbonyl (C=O) groups excluding carboxylic acids is 2. The van der Waals surface area contributed by atoms with Gasteiger partial charge >= 0.3 is 11.9 Å². The molecule has 1 aliphatic carbocycles. The van der Waals surface area contributed by atoms with Crippen molar-refractivity contribution in [1.82, 2.24) is 0 Å². The Balaban J connectivity index is 1.50. The number of hydrogen-bond donors (Lipinski definition) is 0. The summed E-state index contributed by atoms with van der Waals surface area (Å²) in [5.74, 6) is -0.542. The molecule has 0 unspecified atom stereocenters. The Morgan fingerprint density at radius 3 is 2.27 bits per heavy atom. The summed E-state index contributed by atoms with van der Waals surface area (Å²) in [5.41, 5.74) is 2.81. The molecule has 40 heavy (non-hydrogen) atoms. The van der Waals surface area contributed by atoms with Crippen molar-refractivity contribution in [1.29, 1.82) is 0 Å². The van der Waals surface area contributed by atoms with E-state index in [1.807, 2.05) is 42.5 Å². The summed E-state index contributed by atoms with van der Waals surface area (Å²) in [4.78, 5) is 26.5. The van der Waals surface area contributed by atoms with Gasteiger partial charge in [-0.05, 0) is 34.9 Å². The number of fused-ring (bicyclic) bond motifs is 3. The molecule has 0 spiro atoms. The van der Waals surface area contributed by atoms with Crippen LogP contribution in [0.25, 0.3) is 0 Å². The summed E-state index contributed by atoms with van der Waals surface area (Å²) in [7, 11) is 4.48. The summed E-state index contributed by atoms with van der Waals surface area (Å²) in [6.07, 6.45) is -0.667. The van der Waals surface area contributed by atoms with E-state index in [1.54, 1.807) is 6.07 Å². The normalized spacial score (nSPS) is 22.1. The van der Waals surface area contributed by atoms with Gasteiger partial charge in [-0.3, -0.25) is 9.59 Å². The van der Waals surface area contributed by atoms with E-state index in [1.165, 1.54) is 21.3 Å². The predicted octanol–water partition coefficient (Wildman–Crippen LogP) is 4.86. The first-order valence-corrected chi connectivity index (χ1v) is 13.1. The molecule has 3 aliphatic rings. The summed E-state index contributed by atoms with van der Waals surface area (Å²) in [6.45, 7) is 0.139. The molecule has 0 bridgehead atoms. The lowest BCUT2D eigenvalue weighted by atomic mass is 9.66. The van der Waals surface area contributed by atoms with Gasteiger partial charge in [-0.25, -0.2) is 0 Å². The first-order chi connectivity index (χ1) is 19.4. The van der Waals surface area contributed by atoms with E-state index in [-0.39, 0.29) is 30.6 Å². The smallest absolute Gasteiger partial charge is 0.310 e. The standard InChI is InChI=1S/C30H27ClO9/c1-34-22-12-18(26(31)29(36-3)28(22)35-2)24-16-10-20-21(39-14-38-20)11-17(16)27(19-13-37-30(33)25(19)24)40-23(32)9-15-7-5-4-6-8-15/h4-8,10-12,19,24-25,27H,9,13-14H2,1-3H3/t19-,24-,25-,27-/m0/s1. The van der Waals surface area contributed by atoms with Crippen molar-refractivity contribution in [3.63, 3.8) is 0 Å². The van der Waals surface area contributed by atoms with Gasteiger partial charge in [-0.2, -0.15) is 0 Å². The predicted molar refractivity (Wildman–Crippen MR) is 142 cm³/mol. The zero-order valence-corrected chi connectivity index (χ0v) is 22.9. The van der Waals surface area contributed by atoms with Crippen LogP contribution in [-0.2, 0) is 25.5 Å². The number of halogens is 1. The maximum absolute atomic E-state index is 13.4. The Bertz CT molecular complexity index is 1470. The number of methoxy groups -OCH3 is 3. The van der Waals surface area contributed by atoms with Crippen LogP contribution in [0.15, 0.2) is 48.5 Å². The first kappa shape index (κ1) is 26.1. The van der Waals surface area contributed by atoms with Gasteiger partial charge in [0.05, 0.1) is 45.3 Å². The average molecular weight is 567 g/mol. The molecule has 0 aromatic heterocycles. The van der Waals surface area contributed by atoms with E-state index in [4.69, 9.17) is 44.8 Å². The Kier molecular flexibility index (Phi) is 6.83. The van der Waals surface area contributed by atoms with E-state index < -0.39 is 35.8 Å². The Labute approximate surface area is 235 Å². The van der Waals surface area contributed by atoms with Crippen molar-refractivity contribution >= 4 is 23.5 Å². The number of benzene rings is 3. The van der Waals surface area contributed by atoms with Crippen molar-refractivity contribution in [2.24, 2.45) is 11.8 Å². The molecule has 1 saturated heterocycles. The fraction of sp³-hybridized carbons (Fsp3) is 0.333.